The van der Waals surface area contributed by atoms with Crippen molar-refractivity contribution in [2.24, 2.45) is 5.16 Å². The molecule has 0 saturated heterocycles. The number of carboxylic acids is 1. The second kappa shape index (κ2) is 14.9. The van der Waals surface area contributed by atoms with E-state index >= 15 is 0 Å². The molecule has 0 aliphatic carbocycles. The lowest BCUT2D eigenvalue weighted by Crippen LogP contribution is -2.03. The minimum Gasteiger partial charge on any atom is -0.487 e. The smallest absolute Gasteiger partial charge is 0.303 e. The van der Waals surface area contributed by atoms with Crippen molar-refractivity contribution in [2.75, 3.05) is 0 Å². The van der Waals surface area contributed by atoms with Gasteiger partial charge in [-0.25, -0.2) is 4.98 Å². The molecule has 1 aromatic heterocycles. The summed E-state index contributed by atoms with van der Waals surface area (Å²) >= 11 is 6.05. The SMILES string of the molecule is Cc1oc(-c2ccccc2)nc1COc1ccc(CON=C(CCCCCCC(=O)O)c2ccc(Cl)cc2)cc1. The number of oxazole rings is 1. The van der Waals surface area contributed by atoms with Gasteiger partial charge in [-0.3, -0.25) is 4.79 Å². The number of aryl methyl sites for hydroxylation is 1. The Morgan fingerprint density at radius 1 is 0.900 bits per heavy atom. The summed E-state index contributed by atoms with van der Waals surface area (Å²) < 4.78 is 11.8. The molecule has 1 heterocycles. The fourth-order valence-electron chi connectivity index (χ4n) is 4.09. The topological polar surface area (TPSA) is 94.2 Å². The minimum absolute atomic E-state index is 0.208. The molecule has 0 aliphatic heterocycles. The van der Waals surface area contributed by atoms with E-state index in [0.717, 1.165) is 65.3 Å². The number of aromatic nitrogens is 1. The molecule has 0 saturated carbocycles. The molecule has 0 aliphatic rings. The van der Waals surface area contributed by atoms with Gasteiger partial charge < -0.3 is 19.1 Å². The summed E-state index contributed by atoms with van der Waals surface area (Å²) in [5, 5.41) is 13.9. The summed E-state index contributed by atoms with van der Waals surface area (Å²) in [6.07, 6.45) is 4.33. The van der Waals surface area contributed by atoms with Crippen molar-refractivity contribution < 1.29 is 23.9 Å². The van der Waals surface area contributed by atoms with Crippen LogP contribution >= 0.6 is 11.6 Å². The van der Waals surface area contributed by atoms with Crippen molar-refractivity contribution in [1.82, 2.24) is 4.98 Å². The van der Waals surface area contributed by atoms with Crippen LogP contribution < -0.4 is 4.74 Å². The van der Waals surface area contributed by atoms with Crippen molar-refractivity contribution in [3.05, 3.63) is 106 Å². The molecule has 4 rings (SSSR count). The second-order valence-corrected chi connectivity index (χ2v) is 9.88. The van der Waals surface area contributed by atoms with Crippen LogP contribution in [0.25, 0.3) is 11.5 Å². The summed E-state index contributed by atoms with van der Waals surface area (Å²) in [5.74, 6) is 1.29. The first kappa shape index (κ1) is 28.9. The number of ether oxygens (including phenoxy) is 1. The number of halogens is 1. The van der Waals surface area contributed by atoms with E-state index in [9.17, 15) is 4.79 Å². The van der Waals surface area contributed by atoms with E-state index in [2.05, 4.69) is 10.1 Å². The predicted octanol–water partition coefficient (Wildman–Crippen LogP) is 8.23. The maximum atomic E-state index is 10.7. The maximum absolute atomic E-state index is 10.7. The van der Waals surface area contributed by atoms with Gasteiger partial charge in [0.2, 0.25) is 5.89 Å². The Labute approximate surface area is 239 Å². The summed E-state index contributed by atoms with van der Waals surface area (Å²) in [6, 6.07) is 25.0. The molecule has 4 aromatic rings. The van der Waals surface area contributed by atoms with Gasteiger partial charge in [0.25, 0.3) is 0 Å². The van der Waals surface area contributed by atoms with Crippen molar-refractivity contribution >= 4 is 23.3 Å². The molecule has 0 bridgehead atoms. The van der Waals surface area contributed by atoms with Crippen molar-refractivity contribution in [2.45, 2.75) is 58.7 Å². The van der Waals surface area contributed by atoms with Crippen molar-refractivity contribution in [3.8, 4) is 17.2 Å². The number of carbonyl (C=O) groups is 1. The van der Waals surface area contributed by atoms with E-state index in [0.29, 0.717) is 30.5 Å². The molecule has 1 N–H and O–H groups in total. The Kier molecular flexibility index (Phi) is 10.8. The van der Waals surface area contributed by atoms with E-state index in [1.54, 1.807) is 0 Å². The van der Waals surface area contributed by atoms with Crippen LogP contribution in [-0.4, -0.2) is 21.8 Å². The number of nitrogens with zero attached hydrogens (tertiary/aromatic N) is 2. The Balaban J connectivity index is 1.29. The predicted molar refractivity (Wildman–Crippen MR) is 156 cm³/mol. The molecule has 0 spiro atoms. The van der Waals surface area contributed by atoms with Crippen LogP contribution in [0.5, 0.6) is 5.75 Å². The number of oxime groups is 1. The summed E-state index contributed by atoms with van der Waals surface area (Å²) in [5.41, 5.74) is 4.45. The van der Waals surface area contributed by atoms with Gasteiger partial charge in [-0.1, -0.05) is 72.1 Å². The van der Waals surface area contributed by atoms with Gasteiger partial charge in [-0.15, -0.1) is 0 Å². The lowest BCUT2D eigenvalue weighted by atomic mass is 10.0. The molecule has 40 heavy (non-hydrogen) atoms. The first-order valence-corrected chi connectivity index (χ1v) is 13.8. The van der Waals surface area contributed by atoms with Gasteiger partial charge in [0, 0.05) is 17.0 Å². The third-order valence-corrected chi connectivity index (χ3v) is 6.60. The van der Waals surface area contributed by atoms with E-state index in [-0.39, 0.29) is 6.42 Å². The summed E-state index contributed by atoms with van der Waals surface area (Å²) in [7, 11) is 0. The Hall–Kier alpha value is -4.10. The minimum atomic E-state index is -0.751. The van der Waals surface area contributed by atoms with Gasteiger partial charge in [0.1, 0.15) is 30.4 Å². The van der Waals surface area contributed by atoms with Crippen LogP contribution in [0.2, 0.25) is 5.02 Å². The van der Waals surface area contributed by atoms with Crippen molar-refractivity contribution in [1.29, 1.82) is 0 Å². The second-order valence-electron chi connectivity index (χ2n) is 9.45. The first-order chi connectivity index (χ1) is 19.5. The van der Waals surface area contributed by atoms with Gasteiger partial charge in [-0.05, 0) is 73.7 Å². The van der Waals surface area contributed by atoms with E-state index in [4.69, 9.17) is 30.7 Å². The molecule has 8 heteroatoms. The maximum Gasteiger partial charge on any atom is 0.303 e. The summed E-state index contributed by atoms with van der Waals surface area (Å²) in [6.45, 7) is 2.51. The molecular formula is C32H33ClN2O5. The lowest BCUT2D eigenvalue weighted by molar-refractivity contribution is -0.137. The fourth-order valence-corrected chi connectivity index (χ4v) is 4.22. The zero-order valence-corrected chi connectivity index (χ0v) is 23.3. The normalized spacial score (nSPS) is 11.4. The van der Waals surface area contributed by atoms with Crippen LogP contribution in [0.4, 0.5) is 0 Å². The molecule has 7 nitrogen and oxygen atoms in total. The quantitative estimate of drug-likeness (QED) is 0.0893. The first-order valence-electron chi connectivity index (χ1n) is 13.4. The number of hydrogen-bond donors (Lipinski definition) is 1. The molecule has 0 amide bonds. The highest BCUT2D eigenvalue weighted by Gasteiger charge is 2.12. The van der Waals surface area contributed by atoms with Crippen LogP contribution in [0.3, 0.4) is 0 Å². The number of rotatable bonds is 15. The van der Waals surface area contributed by atoms with Crippen LogP contribution in [0.15, 0.2) is 88.4 Å². The summed E-state index contributed by atoms with van der Waals surface area (Å²) in [4.78, 5) is 21.0. The third kappa shape index (κ3) is 8.99. The van der Waals surface area contributed by atoms with Crippen LogP contribution in [0.1, 0.15) is 61.1 Å². The highest BCUT2D eigenvalue weighted by atomic mass is 35.5. The molecule has 0 unspecified atom stereocenters. The monoisotopic (exact) mass is 560 g/mol. The standard InChI is InChI=1S/C32H33ClN2O5/c1-23-30(34-32(40-23)26-9-5-4-6-10-26)22-38-28-19-13-24(14-20-28)21-39-35-29(25-15-17-27(33)18-16-25)11-7-2-3-8-12-31(36)37/h4-6,9-10,13-20H,2-3,7-8,11-12,21-22H2,1H3,(H,36,37). The molecule has 3 aromatic carbocycles. The van der Waals surface area contributed by atoms with Crippen LogP contribution in [-0.2, 0) is 22.8 Å². The van der Waals surface area contributed by atoms with Crippen LogP contribution in [0, 0.1) is 6.92 Å². The van der Waals surface area contributed by atoms with Gasteiger partial charge in [0.05, 0.1) is 5.71 Å². The molecule has 0 fully saturated rings. The lowest BCUT2D eigenvalue weighted by Gasteiger charge is -2.09. The number of benzene rings is 3. The molecular weight excluding hydrogens is 528 g/mol. The molecule has 0 atom stereocenters. The zero-order chi connectivity index (χ0) is 28.2. The number of carboxylic acid groups (broad SMARTS) is 1. The number of unbranched alkanes of at least 4 members (excludes halogenated alkanes) is 3. The average molecular weight is 561 g/mol. The van der Waals surface area contributed by atoms with Gasteiger partial charge >= 0.3 is 5.97 Å². The Bertz CT molecular complexity index is 1380. The molecule has 0 radical (unpaired) electrons. The van der Waals surface area contributed by atoms with E-state index < -0.39 is 5.97 Å². The van der Waals surface area contributed by atoms with Gasteiger partial charge in [0.15, 0.2) is 0 Å². The average Bonchev–Trinajstić information content (AvgIpc) is 3.34. The highest BCUT2D eigenvalue weighted by Crippen LogP contribution is 2.23. The highest BCUT2D eigenvalue weighted by molar-refractivity contribution is 6.30. The largest absolute Gasteiger partial charge is 0.487 e. The Morgan fingerprint density at radius 3 is 2.30 bits per heavy atom. The molecule has 208 valence electrons. The Morgan fingerprint density at radius 2 is 1.60 bits per heavy atom. The zero-order valence-electron chi connectivity index (χ0n) is 22.5. The van der Waals surface area contributed by atoms with Crippen molar-refractivity contribution in [3.63, 3.8) is 0 Å². The third-order valence-electron chi connectivity index (χ3n) is 6.35. The number of hydrogen-bond acceptors (Lipinski definition) is 6. The van der Waals surface area contributed by atoms with E-state index in [1.165, 1.54) is 0 Å². The fraction of sp³-hybridized carbons (Fsp3) is 0.281. The van der Waals surface area contributed by atoms with Gasteiger partial charge in [-0.2, -0.15) is 0 Å². The number of aliphatic carboxylic acids is 1. The van der Waals surface area contributed by atoms with E-state index in [1.807, 2.05) is 85.8 Å².